The molecule has 0 aliphatic carbocycles. The van der Waals surface area contributed by atoms with Gasteiger partial charge in [-0.3, -0.25) is 13.9 Å². The molecule has 0 unspecified atom stereocenters. The van der Waals surface area contributed by atoms with Crippen LogP contribution in [0.5, 0.6) is 5.75 Å². The third kappa shape index (κ3) is 8.61. The number of carbonyl (C=O) groups excluding carboxylic acids is 2. The van der Waals surface area contributed by atoms with Crippen LogP contribution in [0.25, 0.3) is 0 Å². The molecule has 3 aromatic rings. The van der Waals surface area contributed by atoms with Gasteiger partial charge in [0.15, 0.2) is 0 Å². The van der Waals surface area contributed by atoms with Gasteiger partial charge in [0, 0.05) is 22.1 Å². The molecule has 0 heterocycles. The molecule has 0 aliphatic heterocycles. The smallest absolute Gasteiger partial charge is 0.264 e. The van der Waals surface area contributed by atoms with Crippen LogP contribution in [0.3, 0.4) is 0 Å². The number of nitrogens with one attached hydrogen (secondary N) is 1. The summed E-state index contributed by atoms with van der Waals surface area (Å²) >= 11 is 12.5. The second-order valence-electron chi connectivity index (χ2n) is 10.7. The van der Waals surface area contributed by atoms with E-state index in [0.717, 1.165) is 9.87 Å². The van der Waals surface area contributed by atoms with E-state index in [0.29, 0.717) is 11.3 Å². The summed E-state index contributed by atoms with van der Waals surface area (Å²) in [5.74, 6) is -0.400. The van der Waals surface area contributed by atoms with Gasteiger partial charge in [0.25, 0.3) is 10.0 Å². The number of hydrogen-bond donors (Lipinski definition) is 1. The fourth-order valence-corrected chi connectivity index (χ4v) is 5.99. The van der Waals surface area contributed by atoms with E-state index in [2.05, 4.69) is 5.32 Å². The first-order valence-corrected chi connectivity index (χ1v) is 15.1. The summed E-state index contributed by atoms with van der Waals surface area (Å²) in [7, 11) is -2.71. The summed E-state index contributed by atoms with van der Waals surface area (Å²) in [6.45, 7) is 8.39. The maximum atomic E-state index is 14.0. The van der Waals surface area contributed by atoms with Crippen molar-refractivity contribution >= 4 is 50.7 Å². The maximum absolute atomic E-state index is 14.0. The molecule has 0 saturated carbocycles. The summed E-state index contributed by atoms with van der Waals surface area (Å²) in [5.41, 5.74) is 1.14. The zero-order chi connectivity index (χ0) is 30.5. The number of hydrogen-bond acceptors (Lipinski definition) is 5. The molecule has 8 nitrogen and oxygen atoms in total. The first kappa shape index (κ1) is 32.2. The number of amides is 2. The number of aryl methyl sites for hydroxylation is 1. The monoisotopic (exact) mass is 619 g/mol. The number of ether oxygens (including phenoxy) is 1. The van der Waals surface area contributed by atoms with Gasteiger partial charge in [-0.2, -0.15) is 0 Å². The lowest BCUT2D eigenvalue weighted by Crippen LogP contribution is -2.54. The Balaban J connectivity index is 2.08. The average molecular weight is 621 g/mol. The van der Waals surface area contributed by atoms with Gasteiger partial charge in [-0.15, -0.1) is 0 Å². The Morgan fingerprint density at radius 1 is 0.976 bits per heavy atom. The van der Waals surface area contributed by atoms with Crippen molar-refractivity contribution in [1.29, 1.82) is 0 Å². The average Bonchev–Trinajstić information content (AvgIpc) is 2.88. The molecule has 0 radical (unpaired) electrons. The Morgan fingerprint density at radius 3 is 2.15 bits per heavy atom. The van der Waals surface area contributed by atoms with E-state index < -0.39 is 34.1 Å². The molecule has 220 valence electrons. The number of sulfonamides is 1. The minimum atomic E-state index is -4.24. The molecular weight excluding hydrogens is 585 g/mol. The fraction of sp³-hybridized carbons (Fsp3) is 0.333. The second-order valence-corrected chi connectivity index (χ2v) is 13.5. The molecule has 41 heavy (non-hydrogen) atoms. The van der Waals surface area contributed by atoms with Crippen LogP contribution in [0.15, 0.2) is 71.6 Å². The zero-order valence-corrected chi connectivity index (χ0v) is 26.3. The summed E-state index contributed by atoms with van der Waals surface area (Å²) in [6, 6.07) is 16.8. The molecular formula is C30H35Cl2N3O5S. The van der Waals surface area contributed by atoms with Crippen molar-refractivity contribution in [2.45, 2.75) is 57.6 Å². The molecule has 3 rings (SSSR count). The van der Waals surface area contributed by atoms with E-state index in [9.17, 15) is 18.0 Å². The fourth-order valence-electron chi connectivity index (χ4n) is 4.07. The highest BCUT2D eigenvalue weighted by atomic mass is 35.5. The van der Waals surface area contributed by atoms with Gasteiger partial charge in [-0.05, 0) is 82.6 Å². The standard InChI is InChI=1S/C30H35Cl2N3O5S/c1-20-10-12-27(13-11-20)41(38,39)35(25-16-23(31)15-24(32)17-25)19-28(36)34(21(2)29(37)33-30(3,4)5)18-22-8-7-9-26(14-22)40-6/h7-17,21H,18-19H2,1-6H3,(H,33,37)/t21-/m0/s1. The van der Waals surface area contributed by atoms with Gasteiger partial charge >= 0.3 is 0 Å². The normalized spacial score (nSPS) is 12.4. The lowest BCUT2D eigenvalue weighted by Gasteiger charge is -2.33. The number of methoxy groups -OCH3 is 1. The van der Waals surface area contributed by atoms with Crippen molar-refractivity contribution in [3.8, 4) is 5.75 Å². The molecule has 0 fully saturated rings. The summed E-state index contributed by atoms with van der Waals surface area (Å²) < 4.78 is 34.1. The van der Waals surface area contributed by atoms with Crippen LogP contribution < -0.4 is 14.4 Å². The van der Waals surface area contributed by atoms with Crippen LogP contribution >= 0.6 is 23.2 Å². The van der Waals surface area contributed by atoms with E-state index in [1.54, 1.807) is 43.3 Å². The third-order valence-electron chi connectivity index (χ3n) is 6.18. The van der Waals surface area contributed by atoms with Gasteiger partial charge in [0.1, 0.15) is 18.3 Å². The zero-order valence-electron chi connectivity index (χ0n) is 23.9. The van der Waals surface area contributed by atoms with Crippen LogP contribution in [0, 0.1) is 6.92 Å². The number of anilines is 1. The quantitative estimate of drug-likeness (QED) is 0.308. The largest absolute Gasteiger partial charge is 0.497 e. The predicted molar refractivity (Wildman–Crippen MR) is 163 cm³/mol. The number of carbonyl (C=O) groups is 2. The van der Waals surface area contributed by atoms with E-state index >= 15 is 0 Å². The predicted octanol–water partition coefficient (Wildman–Crippen LogP) is 5.84. The molecule has 0 aromatic heterocycles. The number of benzene rings is 3. The molecule has 0 saturated heterocycles. The third-order valence-corrected chi connectivity index (χ3v) is 8.40. The van der Waals surface area contributed by atoms with Gasteiger partial charge in [-0.25, -0.2) is 8.42 Å². The lowest BCUT2D eigenvalue weighted by molar-refractivity contribution is -0.140. The molecule has 1 N–H and O–H groups in total. The highest BCUT2D eigenvalue weighted by Gasteiger charge is 2.33. The molecule has 1 atom stereocenters. The van der Waals surface area contributed by atoms with Crippen molar-refractivity contribution in [2.24, 2.45) is 0 Å². The maximum Gasteiger partial charge on any atom is 0.264 e. The summed E-state index contributed by atoms with van der Waals surface area (Å²) in [6.07, 6.45) is 0. The van der Waals surface area contributed by atoms with Gasteiger partial charge in [0.05, 0.1) is 17.7 Å². The molecule has 3 aromatic carbocycles. The summed E-state index contributed by atoms with van der Waals surface area (Å²) in [5, 5.41) is 3.31. The van der Waals surface area contributed by atoms with Gasteiger partial charge in [0.2, 0.25) is 11.8 Å². The first-order chi connectivity index (χ1) is 19.1. The van der Waals surface area contributed by atoms with Crippen molar-refractivity contribution in [2.75, 3.05) is 18.0 Å². The first-order valence-electron chi connectivity index (χ1n) is 12.9. The topological polar surface area (TPSA) is 96.0 Å². The van der Waals surface area contributed by atoms with Crippen LogP contribution in [0.1, 0.15) is 38.8 Å². The van der Waals surface area contributed by atoms with E-state index in [-0.39, 0.29) is 33.1 Å². The van der Waals surface area contributed by atoms with Crippen molar-refractivity contribution in [1.82, 2.24) is 10.2 Å². The van der Waals surface area contributed by atoms with Crippen molar-refractivity contribution < 1.29 is 22.7 Å². The Bertz CT molecular complexity index is 1490. The SMILES string of the molecule is COc1cccc(CN(C(=O)CN(c2cc(Cl)cc(Cl)c2)S(=O)(=O)c2ccc(C)cc2)[C@@H](C)C(=O)NC(C)(C)C)c1. The summed E-state index contributed by atoms with van der Waals surface area (Å²) in [4.78, 5) is 28.6. The highest BCUT2D eigenvalue weighted by molar-refractivity contribution is 7.92. The lowest BCUT2D eigenvalue weighted by atomic mass is 10.1. The van der Waals surface area contributed by atoms with Gasteiger partial charge in [-0.1, -0.05) is 53.0 Å². The Hall–Kier alpha value is -3.27. The highest BCUT2D eigenvalue weighted by Crippen LogP contribution is 2.30. The minimum absolute atomic E-state index is 0.00938. The Labute approximate surface area is 252 Å². The van der Waals surface area contributed by atoms with Crippen molar-refractivity contribution in [3.63, 3.8) is 0 Å². The molecule has 2 amide bonds. The van der Waals surface area contributed by atoms with Crippen LogP contribution in [-0.4, -0.2) is 50.4 Å². The van der Waals surface area contributed by atoms with Crippen LogP contribution in [0.2, 0.25) is 10.0 Å². The molecule has 0 spiro atoms. The number of halogens is 2. The van der Waals surface area contributed by atoms with Crippen LogP contribution in [0.4, 0.5) is 5.69 Å². The number of nitrogens with zero attached hydrogens (tertiary/aromatic N) is 2. The second kappa shape index (κ2) is 13.1. The van der Waals surface area contributed by atoms with Gasteiger partial charge < -0.3 is 15.0 Å². The van der Waals surface area contributed by atoms with Crippen molar-refractivity contribution in [3.05, 3.63) is 87.9 Å². The Kier molecular flexibility index (Phi) is 10.3. The van der Waals surface area contributed by atoms with E-state index in [1.807, 2.05) is 27.7 Å². The van der Waals surface area contributed by atoms with Crippen LogP contribution in [-0.2, 0) is 26.2 Å². The van der Waals surface area contributed by atoms with E-state index in [1.165, 1.54) is 42.3 Å². The van der Waals surface area contributed by atoms with E-state index in [4.69, 9.17) is 27.9 Å². The molecule has 0 aliphatic rings. The number of rotatable bonds is 10. The molecule has 0 bridgehead atoms. The minimum Gasteiger partial charge on any atom is -0.497 e. The Morgan fingerprint density at radius 2 is 1.59 bits per heavy atom. The molecule has 11 heteroatoms.